The number of aromatic nitrogens is 3. The number of quaternary nitrogens is 1. The highest BCUT2D eigenvalue weighted by atomic mass is 32.1. The van der Waals surface area contributed by atoms with Crippen LogP contribution in [0.2, 0.25) is 0 Å². The molecule has 22 heavy (non-hydrogen) atoms. The maximum Gasteiger partial charge on any atom is 0.202 e. The summed E-state index contributed by atoms with van der Waals surface area (Å²) in [6, 6.07) is 6.56. The summed E-state index contributed by atoms with van der Waals surface area (Å²) in [4.78, 5) is 1.24. The van der Waals surface area contributed by atoms with Gasteiger partial charge in [0.15, 0.2) is 12.5 Å². The van der Waals surface area contributed by atoms with Crippen molar-refractivity contribution in [1.82, 2.24) is 14.3 Å². The minimum atomic E-state index is -0.307. The van der Waals surface area contributed by atoms with Crippen molar-refractivity contribution < 1.29 is 14.4 Å². The summed E-state index contributed by atoms with van der Waals surface area (Å²) in [5, 5.41) is 14.3. The molecule has 1 aliphatic rings. The van der Waals surface area contributed by atoms with Crippen LogP contribution in [0.5, 0.6) is 0 Å². The zero-order chi connectivity index (χ0) is 15.7. The number of hydrogen-bond acceptors (Lipinski definition) is 3. The molecule has 0 saturated carbocycles. The van der Waals surface area contributed by atoms with Crippen LogP contribution in [0.1, 0.15) is 12.8 Å². The average Bonchev–Trinajstić information content (AvgIpc) is 2.76. The fourth-order valence-corrected chi connectivity index (χ4v) is 3.14. The van der Waals surface area contributed by atoms with Gasteiger partial charge in [-0.05, 0) is 37.2 Å². The van der Waals surface area contributed by atoms with E-state index in [2.05, 4.69) is 5.10 Å². The molecule has 0 spiro atoms. The number of aliphatic hydroxyl groups is 1. The largest absolute Gasteiger partial charge is 0.387 e. The Kier molecular flexibility index (Phi) is 4.37. The van der Waals surface area contributed by atoms with Gasteiger partial charge in [-0.2, -0.15) is 4.68 Å². The molecule has 1 saturated heterocycles. The first-order valence-corrected chi connectivity index (χ1v) is 7.87. The number of nitrogens with one attached hydrogen (secondary N) is 1. The third-order valence-corrected chi connectivity index (χ3v) is 4.61. The van der Waals surface area contributed by atoms with Crippen LogP contribution in [-0.2, 0) is 13.7 Å². The zero-order valence-corrected chi connectivity index (χ0v) is 13.3. The fraction of sp³-hybridized carbons (Fsp3) is 0.467. The molecule has 1 unspecified atom stereocenters. The first-order chi connectivity index (χ1) is 10.6. The van der Waals surface area contributed by atoms with Gasteiger partial charge in [0.05, 0.1) is 12.1 Å². The van der Waals surface area contributed by atoms with Gasteiger partial charge in [-0.25, -0.2) is 4.39 Å². The van der Waals surface area contributed by atoms with Gasteiger partial charge in [0, 0.05) is 7.05 Å². The van der Waals surface area contributed by atoms with Gasteiger partial charge < -0.3 is 14.6 Å². The smallest absolute Gasteiger partial charge is 0.202 e. The second kappa shape index (κ2) is 6.28. The van der Waals surface area contributed by atoms with Crippen molar-refractivity contribution in [2.45, 2.75) is 25.6 Å². The maximum absolute atomic E-state index is 14.0. The molecule has 0 radical (unpaired) electrons. The van der Waals surface area contributed by atoms with Gasteiger partial charge in [-0.3, -0.25) is 0 Å². The number of rotatable bonds is 3. The Morgan fingerprint density at radius 2 is 2.23 bits per heavy atom. The van der Waals surface area contributed by atoms with Crippen LogP contribution in [0.4, 0.5) is 4.39 Å². The Bertz CT molecular complexity index is 727. The topological polar surface area (TPSA) is 47.4 Å². The number of piperidine rings is 1. The summed E-state index contributed by atoms with van der Waals surface area (Å²) >= 11 is 5.42. The lowest BCUT2D eigenvalue weighted by molar-refractivity contribution is -0.931. The zero-order valence-electron chi connectivity index (χ0n) is 12.5. The monoisotopic (exact) mass is 323 g/mol. The van der Waals surface area contributed by atoms with Crippen molar-refractivity contribution in [3.63, 3.8) is 0 Å². The molecule has 0 amide bonds. The second-order valence-electron chi connectivity index (χ2n) is 5.80. The van der Waals surface area contributed by atoms with Crippen molar-refractivity contribution in [3.05, 3.63) is 34.9 Å². The molecule has 2 N–H and O–H groups in total. The second-order valence-corrected chi connectivity index (χ2v) is 6.17. The number of nitrogens with zero attached hydrogens (tertiary/aromatic N) is 3. The molecule has 1 aromatic carbocycles. The Hall–Kier alpha value is -1.57. The third-order valence-electron chi connectivity index (χ3n) is 4.12. The van der Waals surface area contributed by atoms with Crippen LogP contribution < -0.4 is 4.90 Å². The van der Waals surface area contributed by atoms with Crippen LogP contribution in [0.3, 0.4) is 0 Å². The summed E-state index contributed by atoms with van der Waals surface area (Å²) < 4.78 is 18.0. The molecule has 2 atom stereocenters. The molecular formula is C15H20FN4OS+. The molecule has 0 aliphatic carbocycles. The van der Waals surface area contributed by atoms with E-state index in [1.54, 1.807) is 34.5 Å². The molecule has 7 heteroatoms. The first-order valence-electron chi connectivity index (χ1n) is 7.46. The van der Waals surface area contributed by atoms with Gasteiger partial charge in [0.1, 0.15) is 18.5 Å². The van der Waals surface area contributed by atoms with Gasteiger partial charge in [0.25, 0.3) is 0 Å². The Morgan fingerprint density at radius 3 is 2.95 bits per heavy atom. The van der Waals surface area contributed by atoms with Crippen LogP contribution >= 0.6 is 12.2 Å². The van der Waals surface area contributed by atoms with Gasteiger partial charge >= 0.3 is 0 Å². The SMILES string of the molecule is Cn1c(-c2ccccc2F)nn(C[NH+]2CCC[C@@H](O)C2)c1=S. The lowest BCUT2D eigenvalue weighted by atomic mass is 10.1. The van der Waals surface area contributed by atoms with Crippen molar-refractivity contribution in [3.8, 4) is 11.4 Å². The number of aliphatic hydroxyl groups excluding tert-OH is 1. The summed E-state index contributed by atoms with van der Waals surface area (Å²) in [6.45, 7) is 2.29. The van der Waals surface area contributed by atoms with Crippen molar-refractivity contribution >= 4 is 12.2 Å². The quantitative estimate of drug-likeness (QED) is 0.820. The molecule has 2 aromatic rings. The lowest BCUT2D eigenvalue weighted by Crippen LogP contribution is -3.13. The predicted molar refractivity (Wildman–Crippen MR) is 83.4 cm³/mol. The van der Waals surface area contributed by atoms with E-state index in [4.69, 9.17) is 12.2 Å². The molecule has 1 aromatic heterocycles. The Morgan fingerprint density at radius 1 is 1.45 bits per heavy atom. The van der Waals surface area contributed by atoms with Gasteiger partial charge in [-0.1, -0.05) is 12.1 Å². The minimum Gasteiger partial charge on any atom is -0.387 e. The van der Waals surface area contributed by atoms with Crippen LogP contribution in [-0.4, -0.2) is 38.6 Å². The Labute approximate surface area is 133 Å². The fourth-order valence-electron chi connectivity index (χ4n) is 2.95. The average molecular weight is 323 g/mol. The summed E-state index contributed by atoms with van der Waals surface area (Å²) in [5.74, 6) is 0.221. The molecule has 1 aliphatic heterocycles. The van der Waals surface area contributed by atoms with E-state index in [9.17, 15) is 9.50 Å². The van der Waals surface area contributed by atoms with Crippen LogP contribution in [0, 0.1) is 10.6 Å². The van der Waals surface area contributed by atoms with E-state index in [0.717, 1.165) is 19.4 Å². The van der Waals surface area contributed by atoms with Crippen molar-refractivity contribution in [2.75, 3.05) is 13.1 Å². The number of halogens is 1. The van der Waals surface area contributed by atoms with Gasteiger partial charge in [-0.15, -0.1) is 5.10 Å². The van der Waals surface area contributed by atoms with E-state index in [-0.39, 0.29) is 11.9 Å². The molecule has 0 bridgehead atoms. The van der Waals surface area contributed by atoms with Crippen LogP contribution in [0.15, 0.2) is 24.3 Å². The molecule has 3 rings (SSSR count). The summed E-state index contributed by atoms with van der Waals surface area (Å²) in [6.07, 6.45) is 1.60. The highest BCUT2D eigenvalue weighted by Gasteiger charge is 2.23. The predicted octanol–water partition coefficient (Wildman–Crippen LogP) is 0.754. The van der Waals surface area contributed by atoms with E-state index < -0.39 is 0 Å². The van der Waals surface area contributed by atoms with Crippen LogP contribution in [0.25, 0.3) is 11.4 Å². The van der Waals surface area contributed by atoms with E-state index in [1.165, 1.54) is 11.0 Å². The van der Waals surface area contributed by atoms with E-state index in [0.29, 0.717) is 29.4 Å². The molecule has 5 nitrogen and oxygen atoms in total. The molecular weight excluding hydrogens is 303 g/mol. The third kappa shape index (κ3) is 2.97. The van der Waals surface area contributed by atoms with Crippen molar-refractivity contribution in [2.24, 2.45) is 7.05 Å². The Balaban J connectivity index is 1.90. The standard InChI is InChI=1S/C15H19FN4OS/c1-18-14(12-6-2-3-7-13(12)16)17-20(15(18)22)10-19-8-4-5-11(21)9-19/h2-3,6-7,11,21H,4-5,8-10H2,1H3/p+1/t11-/m1/s1. The lowest BCUT2D eigenvalue weighted by Gasteiger charge is -2.26. The van der Waals surface area contributed by atoms with Gasteiger partial charge in [0.2, 0.25) is 4.77 Å². The first kappa shape index (κ1) is 15.3. The highest BCUT2D eigenvalue weighted by molar-refractivity contribution is 7.71. The normalized spacial score (nSPS) is 22.0. The number of hydrogen-bond donors (Lipinski definition) is 2. The summed E-state index contributed by atoms with van der Waals surface area (Å²) in [7, 11) is 1.80. The van der Waals surface area contributed by atoms with E-state index in [1.807, 2.05) is 0 Å². The number of benzene rings is 1. The molecule has 2 heterocycles. The molecule has 1 fully saturated rings. The highest BCUT2D eigenvalue weighted by Crippen LogP contribution is 2.20. The maximum atomic E-state index is 14.0. The van der Waals surface area contributed by atoms with E-state index >= 15 is 0 Å². The number of likely N-dealkylation sites (tertiary alicyclic amines) is 1. The molecule has 118 valence electrons. The van der Waals surface area contributed by atoms with Crippen molar-refractivity contribution in [1.29, 1.82) is 0 Å². The summed E-state index contributed by atoms with van der Waals surface area (Å²) in [5.41, 5.74) is 0.448. The minimum absolute atomic E-state index is 0.257.